The van der Waals surface area contributed by atoms with Crippen molar-refractivity contribution in [2.75, 3.05) is 13.2 Å². The molecule has 1 amide bonds. The van der Waals surface area contributed by atoms with Crippen LogP contribution in [0.5, 0.6) is 0 Å². The largest absolute Gasteiger partial charge is 0.368 e. The van der Waals surface area contributed by atoms with Crippen LogP contribution in [-0.2, 0) is 29.5 Å². The van der Waals surface area contributed by atoms with E-state index < -0.39 is 0 Å². The van der Waals surface area contributed by atoms with Crippen LogP contribution in [0.4, 0.5) is 0 Å². The van der Waals surface area contributed by atoms with Gasteiger partial charge in [-0.3, -0.25) is 9.59 Å². The predicted molar refractivity (Wildman–Crippen MR) is 86.0 cm³/mol. The number of hydrogen-bond acceptors (Lipinski definition) is 4. The van der Waals surface area contributed by atoms with E-state index in [4.69, 9.17) is 4.74 Å². The van der Waals surface area contributed by atoms with Crippen LogP contribution >= 0.6 is 0 Å². The lowest BCUT2D eigenvalue weighted by molar-refractivity contribution is -0.140. The molecule has 0 radical (unpaired) electrons. The molecule has 126 valence electrons. The van der Waals surface area contributed by atoms with Gasteiger partial charge in [0.05, 0.1) is 24.7 Å². The maximum atomic E-state index is 12.4. The Morgan fingerprint density at radius 2 is 2.26 bits per heavy atom. The molecule has 6 heteroatoms. The van der Waals surface area contributed by atoms with E-state index in [1.54, 1.807) is 11.9 Å². The molecule has 2 heterocycles. The molecule has 3 rings (SSSR count). The van der Waals surface area contributed by atoms with Gasteiger partial charge >= 0.3 is 0 Å². The van der Waals surface area contributed by atoms with Crippen LogP contribution in [0, 0.1) is 5.92 Å². The second-order valence-electron chi connectivity index (χ2n) is 6.86. The Hall–Kier alpha value is -1.69. The summed E-state index contributed by atoms with van der Waals surface area (Å²) in [4.78, 5) is 30.5. The summed E-state index contributed by atoms with van der Waals surface area (Å²) < 4.78 is 7.31. The Kier molecular flexibility index (Phi) is 4.80. The number of ether oxygens (including phenoxy) is 1. The average molecular weight is 319 g/mol. The van der Waals surface area contributed by atoms with E-state index in [-0.39, 0.29) is 24.2 Å². The van der Waals surface area contributed by atoms with Gasteiger partial charge in [-0.15, -0.1) is 0 Å². The van der Waals surface area contributed by atoms with Gasteiger partial charge in [0, 0.05) is 19.2 Å². The first-order valence-electron chi connectivity index (χ1n) is 8.47. The highest BCUT2D eigenvalue weighted by Gasteiger charge is 2.25. The first-order valence-corrected chi connectivity index (χ1v) is 8.47. The maximum absolute atomic E-state index is 12.4. The number of amides is 1. The quantitative estimate of drug-likeness (QED) is 0.841. The summed E-state index contributed by atoms with van der Waals surface area (Å²) in [6.07, 6.45) is 6.86. The van der Waals surface area contributed by atoms with Crippen LogP contribution in [0.15, 0.2) is 11.1 Å². The molecule has 1 saturated carbocycles. The Balaban J connectivity index is 1.57. The second kappa shape index (κ2) is 6.83. The summed E-state index contributed by atoms with van der Waals surface area (Å²) >= 11 is 0. The highest BCUT2D eigenvalue weighted by Crippen LogP contribution is 2.25. The van der Waals surface area contributed by atoms with Gasteiger partial charge < -0.3 is 14.2 Å². The minimum Gasteiger partial charge on any atom is -0.368 e. The van der Waals surface area contributed by atoms with Crippen molar-refractivity contribution in [1.82, 2.24) is 14.5 Å². The summed E-state index contributed by atoms with van der Waals surface area (Å²) in [7, 11) is 1.70. The van der Waals surface area contributed by atoms with Crippen molar-refractivity contribution in [2.24, 2.45) is 13.0 Å². The fraction of sp³-hybridized carbons (Fsp3) is 0.706. The molecule has 6 nitrogen and oxygen atoms in total. The van der Waals surface area contributed by atoms with E-state index in [0.29, 0.717) is 25.4 Å². The van der Waals surface area contributed by atoms with Crippen LogP contribution in [-0.4, -0.2) is 39.6 Å². The SMILES string of the molecule is C[C@@H]1CCC[C@@H](OCC(=O)N2CCc3c(ncn(C)c3=O)C2)C1. The molecule has 0 N–H and O–H groups in total. The summed E-state index contributed by atoms with van der Waals surface area (Å²) in [6.45, 7) is 3.36. The highest BCUT2D eigenvalue weighted by atomic mass is 16.5. The smallest absolute Gasteiger partial charge is 0.256 e. The van der Waals surface area contributed by atoms with E-state index in [2.05, 4.69) is 11.9 Å². The second-order valence-corrected chi connectivity index (χ2v) is 6.86. The number of hydrogen-bond donors (Lipinski definition) is 0. The monoisotopic (exact) mass is 319 g/mol. The molecule has 1 aromatic rings. The van der Waals surface area contributed by atoms with E-state index >= 15 is 0 Å². The zero-order valence-corrected chi connectivity index (χ0v) is 14.0. The summed E-state index contributed by atoms with van der Waals surface area (Å²) in [5, 5.41) is 0. The van der Waals surface area contributed by atoms with Gasteiger partial charge in [-0.05, 0) is 25.2 Å². The number of carbonyl (C=O) groups is 1. The molecule has 23 heavy (non-hydrogen) atoms. The van der Waals surface area contributed by atoms with E-state index in [1.807, 2.05) is 0 Å². The van der Waals surface area contributed by atoms with E-state index in [9.17, 15) is 9.59 Å². The molecule has 0 aromatic carbocycles. The van der Waals surface area contributed by atoms with Gasteiger partial charge in [-0.25, -0.2) is 4.98 Å². The van der Waals surface area contributed by atoms with E-state index in [0.717, 1.165) is 24.1 Å². The standard InChI is InChI=1S/C17H25N3O3/c1-12-4-3-5-13(8-12)23-10-16(21)20-7-6-14-15(9-20)18-11-19(2)17(14)22/h11-13H,3-10H2,1-2H3/t12-,13-/m1/s1. The number of aromatic nitrogens is 2. The maximum Gasteiger partial charge on any atom is 0.256 e. The fourth-order valence-electron chi connectivity index (χ4n) is 3.54. The zero-order chi connectivity index (χ0) is 16.4. The minimum atomic E-state index is -0.00505. The molecule has 0 saturated heterocycles. The van der Waals surface area contributed by atoms with Crippen LogP contribution in [0.25, 0.3) is 0 Å². The van der Waals surface area contributed by atoms with Crippen molar-refractivity contribution in [3.63, 3.8) is 0 Å². The van der Waals surface area contributed by atoms with Crippen molar-refractivity contribution in [1.29, 1.82) is 0 Å². The van der Waals surface area contributed by atoms with Crippen LogP contribution in [0.2, 0.25) is 0 Å². The molecule has 1 fully saturated rings. The lowest BCUT2D eigenvalue weighted by atomic mass is 9.89. The number of nitrogens with zero attached hydrogens (tertiary/aromatic N) is 3. The summed E-state index contributed by atoms with van der Waals surface area (Å²) in [5.74, 6) is 0.683. The lowest BCUT2D eigenvalue weighted by Crippen LogP contribution is -2.42. The Morgan fingerprint density at radius 1 is 1.43 bits per heavy atom. The van der Waals surface area contributed by atoms with E-state index in [1.165, 1.54) is 23.7 Å². The molecule has 0 spiro atoms. The highest BCUT2D eigenvalue weighted by molar-refractivity contribution is 5.77. The van der Waals surface area contributed by atoms with Gasteiger partial charge in [-0.1, -0.05) is 19.8 Å². The van der Waals surface area contributed by atoms with Gasteiger partial charge in [0.1, 0.15) is 6.61 Å². The van der Waals surface area contributed by atoms with Gasteiger partial charge in [0.15, 0.2) is 0 Å². The van der Waals surface area contributed by atoms with Crippen LogP contribution in [0.3, 0.4) is 0 Å². The number of fused-ring (bicyclic) bond motifs is 1. The normalized spacial score (nSPS) is 24.3. The van der Waals surface area contributed by atoms with Gasteiger partial charge in [0.25, 0.3) is 5.56 Å². The van der Waals surface area contributed by atoms with Gasteiger partial charge in [-0.2, -0.15) is 0 Å². The average Bonchev–Trinajstić information content (AvgIpc) is 2.56. The number of rotatable bonds is 3. The summed E-state index contributed by atoms with van der Waals surface area (Å²) in [6, 6.07) is 0. The first-order chi connectivity index (χ1) is 11.0. The van der Waals surface area contributed by atoms with Crippen LogP contribution in [0.1, 0.15) is 43.9 Å². The van der Waals surface area contributed by atoms with Crippen molar-refractivity contribution < 1.29 is 9.53 Å². The minimum absolute atomic E-state index is 0.00338. The molecule has 1 aromatic heterocycles. The van der Waals surface area contributed by atoms with Crippen LogP contribution < -0.4 is 5.56 Å². The third-order valence-electron chi connectivity index (χ3n) is 4.97. The fourth-order valence-corrected chi connectivity index (χ4v) is 3.54. The van der Waals surface area contributed by atoms with Gasteiger partial charge in [0.2, 0.25) is 5.91 Å². The third-order valence-corrected chi connectivity index (χ3v) is 4.97. The Morgan fingerprint density at radius 3 is 3.04 bits per heavy atom. The molecule has 1 aliphatic heterocycles. The Bertz CT molecular complexity index is 640. The molecular weight excluding hydrogens is 294 g/mol. The Labute approximate surface area is 136 Å². The van der Waals surface area contributed by atoms with Crippen molar-refractivity contribution in [3.8, 4) is 0 Å². The topological polar surface area (TPSA) is 64.4 Å². The lowest BCUT2D eigenvalue weighted by Gasteiger charge is -2.30. The van der Waals surface area contributed by atoms with Crippen molar-refractivity contribution >= 4 is 5.91 Å². The van der Waals surface area contributed by atoms with Crippen molar-refractivity contribution in [2.45, 2.75) is 51.7 Å². The van der Waals surface area contributed by atoms with Crippen molar-refractivity contribution in [3.05, 3.63) is 27.9 Å². The molecule has 2 atom stereocenters. The number of carbonyl (C=O) groups excluding carboxylic acids is 1. The molecule has 2 aliphatic rings. The zero-order valence-electron chi connectivity index (χ0n) is 14.0. The summed E-state index contributed by atoms with van der Waals surface area (Å²) in [5.41, 5.74) is 1.45. The number of aryl methyl sites for hydroxylation is 1. The molecular formula is C17H25N3O3. The first kappa shape index (κ1) is 16.2. The predicted octanol–water partition coefficient (Wildman–Crippen LogP) is 1.26. The molecule has 1 aliphatic carbocycles. The third kappa shape index (κ3) is 3.63. The molecule has 0 bridgehead atoms. The molecule has 0 unspecified atom stereocenters.